The maximum atomic E-state index is 12.1. The van der Waals surface area contributed by atoms with Gasteiger partial charge in [-0.3, -0.25) is 4.99 Å². The Morgan fingerprint density at radius 2 is 1.26 bits per heavy atom. The van der Waals surface area contributed by atoms with Gasteiger partial charge in [-0.15, -0.1) is 0 Å². The average molecular weight is 489 g/mol. The SMILES string of the molecule is O=S(=O)(NCCCOCCCCOCCCCCCN=CCc1ccccc1)c1ccccc1. The highest BCUT2D eigenvalue weighted by Gasteiger charge is 2.11. The number of aliphatic imine (C=N–C) groups is 1. The number of ether oxygens (including phenoxy) is 2. The van der Waals surface area contributed by atoms with Crippen molar-refractivity contribution in [1.82, 2.24) is 4.72 Å². The van der Waals surface area contributed by atoms with Crippen molar-refractivity contribution >= 4 is 16.2 Å². The highest BCUT2D eigenvalue weighted by molar-refractivity contribution is 7.89. The van der Waals surface area contributed by atoms with E-state index in [2.05, 4.69) is 34.0 Å². The Labute approximate surface area is 205 Å². The third kappa shape index (κ3) is 13.6. The molecular weight excluding hydrogens is 448 g/mol. The standard InChI is InChI=1S/C27H40N2O4S/c30-34(31,27-16-7-4-8-17-27)29-20-13-25-33-24-12-11-23-32-22-10-2-1-9-19-28-21-18-26-14-5-3-6-15-26/h3-8,14-17,21,29H,1-2,9-13,18-20,22-25H2. The summed E-state index contributed by atoms with van der Waals surface area (Å²) in [5, 5.41) is 0. The fourth-order valence-corrected chi connectivity index (χ4v) is 4.41. The Morgan fingerprint density at radius 1 is 0.706 bits per heavy atom. The number of nitrogens with zero attached hydrogens (tertiary/aromatic N) is 1. The van der Waals surface area contributed by atoms with E-state index in [4.69, 9.17) is 9.47 Å². The number of benzene rings is 2. The second kappa shape index (κ2) is 18.3. The zero-order valence-electron chi connectivity index (χ0n) is 20.2. The summed E-state index contributed by atoms with van der Waals surface area (Å²) < 4.78 is 38.0. The van der Waals surface area contributed by atoms with Crippen molar-refractivity contribution in [3.8, 4) is 0 Å². The van der Waals surface area contributed by atoms with Crippen LogP contribution in [0.25, 0.3) is 0 Å². The Balaban J connectivity index is 1.29. The van der Waals surface area contributed by atoms with Crippen LogP contribution in [0.2, 0.25) is 0 Å². The summed E-state index contributed by atoms with van der Waals surface area (Å²) in [6, 6.07) is 18.8. The van der Waals surface area contributed by atoms with Crippen molar-refractivity contribution in [3.63, 3.8) is 0 Å². The van der Waals surface area contributed by atoms with Crippen LogP contribution in [0.5, 0.6) is 0 Å². The topological polar surface area (TPSA) is 77.0 Å². The molecule has 0 amide bonds. The molecule has 2 aromatic rings. The lowest BCUT2D eigenvalue weighted by Gasteiger charge is -2.07. The number of hydrogen-bond acceptors (Lipinski definition) is 5. The first-order valence-corrected chi connectivity index (χ1v) is 13.9. The summed E-state index contributed by atoms with van der Waals surface area (Å²) in [5.74, 6) is 0. The Bertz CT molecular complexity index is 874. The smallest absolute Gasteiger partial charge is 0.240 e. The predicted molar refractivity (Wildman–Crippen MR) is 139 cm³/mol. The number of sulfonamides is 1. The van der Waals surface area contributed by atoms with Crippen molar-refractivity contribution in [2.75, 3.05) is 39.5 Å². The van der Waals surface area contributed by atoms with Crippen LogP contribution in [0.1, 0.15) is 50.5 Å². The zero-order valence-corrected chi connectivity index (χ0v) is 21.1. The minimum Gasteiger partial charge on any atom is -0.381 e. The molecule has 0 aromatic heterocycles. The van der Waals surface area contributed by atoms with Crippen LogP contribution in [-0.4, -0.2) is 54.1 Å². The molecule has 0 bridgehead atoms. The molecule has 0 heterocycles. The predicted octanol–water partition coefficient (Wildman–Crippen LogP) is 5.04. The fourth-order valence-electron chi connectivity index (χ4n) is 3.31. The Kier molecular flexibility index (Phi) is 15.2. The van der Waals surface area contributed by atoms with Gasteiger partial charge in [-0.2, -0.15) is 0 Å². The molecule has 0 aliphatic carbocycles. The number of unbranched alkanes of at least 4 members (excludes halogenated alkanes) is 4. The minimum absolute atomic E-state index is 0.291. The van der Waals surface area contributed by atoms with Gasteiger partial charge in [-0.25, -0.2) is 13.1 Å². The number of rotatable bonds is 20. The van der Waals surface area contributed by atoms with Gasteiger partial charge < -0.3 is 9.47 Å². The molecule has 0 saturated carbocycles. The van der Waals surface area contributed by atoms with E-state index in [1.54, 1.807) is 30.3 Å². The van der Waals surface area contributed by atoms with Gasteiger partial charge in [0.1, 0.15) is 0 Å². The van der Waals surface area contributed by atoms with Crippen LogP contribution in [-0.2, 0) is 25.9 Å². The quantitative estimate of drug-likeness (QED) is 0.209. The van der Waals surface area contributed by atoms with Crippen LogP contribution < -0.4 is 4.72 Å². The van der Waals surface area contributed by atoms with Gasteiger partial charge in [0.15, 0.2) is 0 Å². The molecule has 34 heavy (non-hydrogen) atoms. The molecule has 2 rings (SSSR count). The molecule has 0 fully saturated rings. The van der Waals surface area contributed by atoms with Gasteiger partial charge in [0.05, 0.1) is 4.90 Å². The lowest BCUT2D eigenvalue weighted by molar-refractivity contribution is 0.100. The highest BCUT2D eigenvalue weighted by atomic mass is 32.2. The lowest BCUT2D eigenvalue weighted by atomic mass is 10.2. The third-order valence-electron chi connectivity index (χ3n) is 5.26. The van der Waals surface area contributed by atoms with Crippen LogP contribution in [0.3, 0.4) is 0 Å². The second-order valence-corrected chi connectivity index (χ2v) is 9.96. The molecule has 7 heteroatoms. The first kappa shape index (κ1) is 28.2. The maximum Gasteiger partial charge on any atom is 0.240 e. The summed E-state index contributed by atoms with van der Waals surface area (Å²) in [5.41, 5.74) is 1.31. The van der Waals surface area contributed by atoms with E-state index < -0.39 is 10.0 Å². The van der Waals surface area contributed by atoms with E-state index in [-0.39, 0.29) is 0 Å². The van der Waals surface area contributed by atoms with E-state index >= 15 is 0 Å². The van der Waals surface area contributed by atoms with E-state index in [9.17, 15) is 8.42 Å². The molecule has 2 aromatic carbocycles. The summed E-state index contributed by atoms with van der Waals surface area (Å²) in [6.07, 6.45) is 10.1. The van der Waals surface area contributed by atoms with Crippen molar-refractivity contribution in [2.24, 2.45) is 4.99 Å². The van der Waals surface area contributed by atoms with Gasteiger partial charge in [0.2, 0.25) is 10.0 Å². The molecule has 0 unspecified atom stereocenters. The first-order valence-electron chi connectivity index (χ1n) is 12.4. The zero-order chi connectivity index (χ0) is 24.2. The fraction of sp³-hybridized carbons (Fsp3) is 0.519. The molecule has 0 atom stereocenters. The van der Waals surface area contributed by atoms with Gasteiger partial charge in [0, 0.05) is 52.2 Å². The molecule has 0 radical (unpaired) electrons. The summed E-state index contributed by atoms with van der Waals surface area (Å²) >= 11 is 0. The van der Waals surface area contributed by atoms with Gasteiger partial charge in [-0.1, -0.05) is 61.4 Å². The molecule has 188 valence electrons. The summed E-state index contributed by atoms with van der Waals surface area (Å²) in [6.45, 7) is 4.10. The third-order valence-corrected chi connectivity index (χ3v) is 6.74. The molecule has 6 nitrogen and oxygen atoms in total. The molecule has 0 saturated heterocycles. The normalized spacial score (nSPS) is 11.9. The summed E-state index contributed by atoms with van der Waals surface area (Å²) in [7, 11) is -3.42. The Morgan fingerprint density at radius 3 is 1.94 bits per heavy atom. The molecule has 0 aliphatic heterocycles. The molecule has 1 N–H and O–H groups in total. The second-order valence-electron chi connectivity index (χ2n) is 8.19. The van der Waals surface area contributed by atoms with E-state index in [1.807, 2.05) is 12.3 Å². The van der Waals surface area contributed by atoms with E-state index in [0.717, 1.165) is 51.9 Å². The van der Waals surface area contributed by atoms with E-state index in [1.165, 1.54) is 18.4 Å². The maximum absolute atomic E-state index is 12.1. The first-order chi connectivity index (χ1) is 16.7. The molecule has 0 spiro atoms. The lowest BCUT2D eigenvalue weighted by Crippen LogP contribution is -2.25. The van der Waals surface area contributed by atoms with Crippen LogP contribution >= 0.6 is 0 Å². The van der Waals surface area contributed by atoms with E-state index in [0.29, 0.717) is 31.1 Å². The summed E-state index contributed by atoms with van der Waals surface area (Å²) in [4.78, 5) is 4.78. The van der Waals surface area contributed by atoms with Crippen molar-refractivity contribution in [1.29, 1.82) is 0 Å². The number of nitrogens with one attached hydrogen (secondary N) is 1. The number of hydrogen-bond donors (Lipinski definition) is 1. The average Bonchev–Trinajstić information content (AvgIpc) is 2.86. The van der Waals surface area contributed by atoms with Gasteiger partial charge in [-0.05, 0) is 49.8 Å². The van der Waals surface area contributed by atoms with Crippen LogP contribution in [0.15, 0.2) is 70.6 Å². The minimum atomic E-state index is -3.42. The van der Waals surface area contributed by atoms with Crippen molar-refractivity contribution < 1.29 is 17.9 Å². The Hall–Kier alpha value is -2.06. The van der Waals surface area contributed by atoms with Crippen LogP contribution in [0, 0.1) is 0 Å². The van der Waals surface area contributed by atoms with Gasteiger partial charge >= 0.3 is 0 Å². The molecular formula is C27H40N2O4S. The van der Waals surface area contributed by atoms with Crippen molar-refractivity contribution in [3.05, 3.63) is 66.2 Å². The van der Waals surface area contributed by atoms with Gasteiger partial charge in [0.25, 0.3) is 0 Å². The molecule has 0 aliphatic rings. The van der Waals surface area contributed by atoms with Crippen LogP contribution in [0.4, 0.5) is 0 Å². The largest absolute Gasteiger partial charge is 0.381 e. The monoisotopic (exact) mass is 488 g/mol. The van der Waals surface area contributed by atoms with Crippen molar-refractivity contribution in [2.45, 2.75) is 56.3 Å². The highest BCUT2D eigenvalue weighted by Crippen LogP contribution is 2.07.